The molecule has 1 aliphatic carbocycles. The number of carboxylic acids is 1. The van der Waals surface area contributed by atoms with Crippen molar-refractivity contribution in [1.82, 2.24) is 15.2 Å². The fraction of sp³-hybridized carbons (Fsp3) is 0.500. The molecule has 11 heteroatoms. The minimum atomic E-state index is -0.885. The highest BCUT2D eigenvalue weighted by molar-refractivity contribution is 6.06. The minimum absolute atomic E-state index is 0.0447. The Hall–Kier alpha value is -4.15. The van der Waals surface area contributed by atoms with Gasteiger partial charge >= 0.3 is 5.97 Å². The molecule has 2 aromatic rings. The molecule has 218 valence electrons. The van der Waals surface area contributed by atoms with Gasteiger partial charge in [-0.15, -0.1) is 0 Å². The fourth-order valence-electron chi connectivity index (χ4n) is 5.58. The third-order valence-electron chi connectivity index (χ3n) is 7.69. The van der Waals surface area contributed by atoms with E-state index in [1.807, 2.05) is 19.1 Å². The molecule has 3 aliphatic rings. The molecule has 0 bridgehead atoms. The van der Waals surface area contributed by atoms with E-state index in [1.165, 1.54) is 7.05 Å². The number of ether oxygens (including phenoxy) is 2. The molecular weight excluding hydrogens is 526 g/mol. The van der Waals surface area contributed by atoms with Crippen LogP contribution in [0, 0.1) is 5.41 Å². The molecule has 1 saturated carbocycles. The van der Waals surface area contributed by atoms with Crippen LogP contribution in [0.25, 0.3) is 0 Å². The summed E-state index contributed by atoms with van der Waals surface area (Å²) in [7, 11) is 1.51. The number of aromatic nitrogens is 1. The molecule has 5 rings (SSSR count). The van der Waals surface area contributed by atoms with E-state index in [0.29, 0.717) is 34.9 Å². The van der Waals surface area contributed by atoms with Crippen LogP contribution in [0.2, 0.25) is 0 Å². The lowest BCUT2D eigenvalue weighted by molar-refractivity contribution is -0.137. The lowest BCUT2D eigenvalue weighted by atomic mass is 9.83. The van der Waals surface area contributed by atoms with Crippen LogP contribution >= 0.6 is 0 Å². The van der Waals surface area contributed by atoms with Crippen molar-refractivity contribution in [3.63, 3.8) is 0 Å². The van der Waals surface area contributed by atoms with E-state index in [2.05, 4.69) is 36.0 Å². The summed E-state index contributed by atoms with van der Waals surface area (Å²) in [5, 5.41) is 20.8. The average molecular weight is 564 g/mol. The summed E-state index contributed by atoms with van der Waals surface area (Å²) in [4.78, 5) is 46.1. The quantitative estimate of drug-likeness (QED) is 0.391. The number of rotatable bonds is 9. The highest BCUT2D eigenvalue weighted by Gasteiger charge is 2.41. The van der Waals surface area contributed by atoms with E-state index in [0.717, 1.165) is 24.1 Å². The van der Waals surface area contributed by atoms with Gasteiger partial charge in [0.15, 0.2) is 17.2 Å². The number of fused-ring (bicyclic) bond motifs is 2. The predicted molar refractivity (Wildman–Crippen MR) is 153 cm³/mol. The van der Waals surface area contributed by atoms with Gasteiger partial charge in [-0.05, 0) is 43.4 Å². The molecule has 1 aromatic heterocycles. The van der Waals surface area contributed by atoms with Gasteiger partial charge in [-0.25, -0.2) is 4.98 Å². The lowest BCUT2D eigenvalue weighted by Crippen LogP contribution is -2.46. The highest BCUT2D eigenvalue weighted by atomic mass is 16.5. The molecule has 1 fully saturated rings. The molecule has 1 aromatic carbocycles. The van der Waals surface area contributed by atoms with Gasteiger partial charge < -0.3 is 29.7 Å². The SMILES string of the molecule is CCOc1cc2c(nc1C(=O)NC)C(=N)N(CC(=O)c1cc3c(c(C(C)(C)C)c1)OCC(CC(=O)O)N3C1CC1)C2. The molecule has 1 unspecified atom stereocenters. The summed E-state index contributed by atoms with van der Waals surface area (Å²) in [5.41, 5.74) is 2.97. The molecule has 2 aliphatic heterocycles. The fourth-order valence-corrected chi connectivity index (χ4v) is 5.58. The normalized spacial score (nSPS) is 18.0. The van der Waals surface area contributed by atoms with Crippen LogP contribution in [0.3, 0.4) is 0 Å². The van der Waals surface area contributed by atoms with Gasteiger partial charge in [-0.2, -0.15) is 0 Å². The number of Topliss-reactive ketones (excluding diaryl/α,β-unsaturated/α-hetero) is 1. The first-order valence-corrected chi connectivity index (χ1v) is 14.0. The van der Waals surface area contributed by atoms with Crippen LogP contribution in [0.15, 0.2) is 18.2 Å². The summed E-state index contributed by atoms with van der Waals surface area (Å²) in [6.07, 6.45) is 1.89. The standard InChI is InChI=1S/C30H37N5O6/c1-6-40-23-11-17-13-34(28(31)25(17)33-26(23)29(39)32-5)14-22(36)16-9-20(30(2,3)4)27-21(10-16)35(18-7-8-18)19(15-41-27)12-24(37)38/h9-11,18-19,31H,6-8,12-15H2,1-5H3,(H,32,39)(H,37,38). The number of nitrogens with zero attached hydrogens (tertiary/aromatic N) is 3. The number of carbonyl (C=O) groups excluding carboxylic acids is 2. The zero-order valence-corrected chi connectivity index (χ0v) is 24.2. The van der Waals surface area contributed by atoms with Gasteiger partial charge in [-0.1, -0.05) is 20.8 Å². The van der Waals surface area contributed by atoms with E-state index in [1.54, 1.807) is 11.0 Å². The Labute approximate surface area is 239 Å². The van der Waals surface area contributed by atoms with Crippen molar-refractivity contribution in [2.45, 2.75) is 71.0 Å². The summed E-state index contributed by atoms with van der Waals surface area (Å²) in [6, 6.07) is 5.32. The van der Waals surface area contributed by atoms with Crippen LogP contribution in [0.5, 0.6) is 11.5 Å². The van der Waals surface area contributed by atoms with E-state index < -0.39 is 11.9 Å². The minimum Gasteiger partial charge on any atom is -0.491 e. The van der Waals surface area contributed by atoms with Gasteiger partial charge in [0, 0.05) is 36.3 Å². The van der Waals surface area contributed by atoms with Crippen molar-refractivity contribution in [2.75, 3.05) is 31.7 Å². The zero-order chi connectivity index (χ0) is 29.6. The number of carboxylic acid groups (broad SMARTS) is 1. The van der Waals surface area contributed by atoms with Crippen molar-refractivity contribution in [1.29, 1.82) is 5.41 Å². The molecule has 41 heavy (non-hydrogen) atoms. The number of ketones is 1. The molecule has 11 nitrogen and oxygen atoms in total. The maximum absolute atomic E-state index is 13.8. The van der Waals surface area contributed by atoms with Gasteiger partial charge in [0.2, 0.25) is 0 Å². The van der Waals surface area contributed by atoms with Gasteiger partial charge in [0.1, 0.15) is 23.9 Å². The Bertz CT molecular complexity index is 1430. The molecule has 0 spiro atoms. The second-order valence-corrected chi connectivity index (χ2v) is 11.8. The van der Waals surface area contributed by atoms with Crippen molar-refractivity contribution >= 4 is 29.2 Å². The van der Waals surface area contributed by atoms with E-state index in [-0.39, 0.29) is 60.9 Å². The Morgan fingerprint density at radius 1 is 1.22 bits per heavy atom. The van der Waals surface area contributed by atoms with E-state index in [4.69, 9.17) is 14.9 Å². The monoisotopic (exact) mass is 563 g/mol. The van der Waals surface area contributed by atoms with Crippen LogP contribution in [0.4, 0.5) is 5.69 Å². The van der Waals surface area contributed by atoms with E-state index in [9.17, 15) is 19.5 Å². The average Bonchev–Trinajstić information content (AvgIpc) is 3.71. The lowest BCUT2D eigenvalue weighted by Gasteiger charge is -2.40. The molecule has 0 radical (unpaired) electrons. The molecule has 3 N–H and O–H groups in total. The van der Waals surface area contributed by atoms with Crippen LogP contribution in [0.1, 0.15) is 84.6 Å². The van der Waals surface area contributed by atoms with Crippen LogP contribution in [-0.2, 0) is 16.8 Å². The van der Waals surface area contributed by atoms with Crippen molar-refractivity contribution in [2.24, 2.45) is 0 Å². The number of amides is 1. The first-order chi connectivity index (χ1) is 19.4. The molecule has 3 heterocycles. The first-order valence-electron chi connectivity index (χ1n) is 14.0. The summed E-state index contributed by atoms with van der Waals surface area (Å²) in [6.45, 7) is 8.86. The highest BCUT2D eigenvalue weighted by Crippen LogP contribution is 2.47. The van der Waals surface area contributed by atoms with Crippen LogP contribution in [-0.4, -0.2) is 77.4 Å². The smallest absolute Gasteiger partial charge is 0.305 e. The largest absolute Gasteiger partial charge is 0.491 e. The number of nitrogens with one attached hydrogen (secondary N) is 2. The Morgan fingerprint density at radius 2 is 1.95 bits per heavy atom. The predicted octanol–water partition coefficient (Wildman–Crippen LogP) is 3.37. The molecule has 1 atom stereocenters. The number of anilines is 1. The topological polar surface area (TPSA) is 145 Å². The Balaban J connectivity index is 1.47. The third kappa shape index (κ3) is 5.45. The maximum atomic E-state index is 13.8. The number of pyridine rings is 1. The third-order valence-corrected chi connectivity index (χ3v) is 7.69. The zero-order valence-electron chi connectivity index (χ0n) is 24.2. The number of benzene rings is 1. The van der Waals surface area contributed by atoms with Crippen molar-refractivity contribution in [3.05, 3.63) is 46.3 Å². The maximum Gasteiger partial charge on any atom is 0.305 e. The first kappa shape index (κ1) is 28.4. The van der Waals surface area contributed by atoms with Gasteiger partial charge in [0.05, 0.1) is 31.3 Å². The molecule has 1 amide bonds. The van der Waals surface area contributed by atoms with Gasteiger partial charge in [-0.3, -0.25) is 19.8 Å². The number of amidine groups is 1. The second-order valence-electron chi connectivity index (χ2n) is 11.8. The summed E-state index contributed by atoms with van der Waals surface area (Å²) >= 11 is 0. The number of hydrogen-bond donors (Lipinski definition) is 3. The van der Waals surface area contributed by atoms with Crippen molar-refractivity contribution in [3.8, 4) is 11.5 Å². The van der Waals surface area contributed by atoms with Gasteiger partial charge in [0.25, 0.3) is 5.91 Å². The Morgan fingerprint density at radius 3 is 2.56 bits per heavy atom. The Kier molecular flexibility index (Phi) is 7.39. The van der Waals surface area contributed by atoms with Crippen LogP contribution < -0.4 is 19.7 Å². The number of aliphatic carboxylic acids is 1. The van der Waals surface area contributed by atoms with E-state index >= 15 is 0 Å². The van der Waals surface area contributed by atoms with Crippen molar-refractivity contribution < 1.29 is 29.0 Å². The summed E-state index contributed by atoms with van der Waals surface area (Å²) in [5.74, 6) is -0.358. The number of hydrogen-bond acceptors (Lipinski definition) is 8. The molecular formula is C30H37N5O6. The summed E-state index contributed by atoms with van der Waals surface area (Å²) < 4.78 is 11.8. The number of carbonyl (C=O) groups is 3. The molecule has 0 saturated heterocycles. The second kappa shape index (κ2) is 10.7.